The number of rotatable bonds is 6. The molecule has 3 aromatic rings. The van der Waals surface area contributed by atoms with Crippen LogP contribution < -0.4 is 5.73 Å². The Balaban J connectivity index is 1.84. The smallest absolute Gasteiger partial charge is 0.112 e. The number of imidazole rings is 1. The van der Waals surface area contributed by atoms with Crippen molar-refractivity contribution in [2.75, 3.05) is 5.73 Å². The van der Waals surface area contributed by atoms with Gasteiger partial charge in [-0.1, -0.05) is 50.2 Å². The molecule has 0 saturated heterocycles. The van der Waals surface area contributed by atoms with Crippen molar-refractivity contribution in [3.05, 3.63) is 59.9 Å². The molecule has 0 saturated carbocycles. The summed E-state index contributed by atoms with van der Waals surface area (Å²) in [4.78, 5) is 4.82. The number of aryl methyl sites for hydroxylation is 2. The van der Waals surface area contributed by atoms with Gasteiger partial charge in [0.15, 0.2) is 0 Å². The number of nitrogens with two attached hydrogens (primary N) is 1. The maximum atomic E-state index is 6.11. The molecule has 0 radical (unpaired) electrons. The number of para-hydroxylation sites is 1. The quantitative estimate of drug-likeness (QED) is 0.684. The largest absolute Gasteiger partial charge is 0.397 e. The highest BCUT2D eigenvalue weighted by molar-refractivity contribution is 5.87. The van der Waals surface area contributed by atoms with Gasteiger partial charge in [0.05, 0.1) is 11.2 Å². The van der Waals surface area contributed by atoms with Crippen LogP contribution in [0.15, 0.2) is 48.5 Å². The van der Waals surface area contributed by atoms with E-state index in [1.165, 1.54) is 5.56 Å². The first-order chi connectivity index (χ1) is 11.1. The third kappa shape index (κ3) is 3.55. The van der Waals surface area contributed by atoms with Crippen molar-refractivity contribution in [1.82, 2.24) is 9.55 Å². The molecule has 1 heterocycles. The molecule has 120 valence electrons. The number of benzene rings is 2. The summed E-state index contributed by atoms with van der Waals surface area (Å²) in [7, 11) is 0. The van der Waals surface area contributed by atoms with Crippen molar-refractivity contribution >= 4 is 16.7 Å². The molecule has 0 atom stereocenters. The Morgan fingerprint density at radius 1 is 1.04 bits per heavy atom. The average Bonchev–Trinajstić information content (AvgIpc) is 2.87. The molecule has 0 aliphatic heterocycles. The van der Waals surface area contributed by atoms with Gasteiger partial charge in [-0.15, -0.1) is 0 Å². The summed E-state index contributed by atoms with van der Waals surface area (Å²) in [5, 5.41) is 0. The molecule has 2 N–H and O–H groups in total. The van der Waals surface area contributed by atoms with Crippen LogP contribution in [-0.2, 0) is 19.4 Å². The Morgan fingerprint density at radius 3 is 2.57 bits per heavy atom. The van der Waals surface area contributed by atoms with E-state index in [1.54, 1.807) is 0 Å². The number of hydrogen-bond acceptors (Lipinski definition) is 2. The summed E-state index contributed by atoms with van der Waals surface area (Å²) in [5.74, 6) is 1.74. The van der Waals surface area contributed by atoms with Crippen LogP contribution in [0.1, 0.15) is 31.7 Å². The summed E-state index contributed by atoms with van der Waals surface area (Å²) < 4.78 is 2.36. The Kier molecular flexibility index (Phi) is 4.65. The monoisotopic (exact) mass is 307 g/mol. The van der Waals surface area contributed by atoms with Gasteiger partial charge in [0.2, 0.25) is 0 Å². The van der Waals surface area contributed by atoms with Crippen LogP contribution in [-0.4, -0.2) is 9.55 Å². The molecule has 0 aliphatic carbocycles. The van der Waals surface area contributed by atoms with Gasteiger partial charge in [0, 0.05) is 13.0 Å². The van der Waals surface area contributed by atoms with Gasteiger partial charge in [-0.05, 0) is 36.5 Å². The first-order valence-electron chi connectivity index (χ1n) is 8.42. The van der Waals surface area contributed by atoms with E-state index in [1.807, 2.05) is 12.1 Å². The van der Waals surface area contributed by atoms with E-state index in [9.17, 15) is 0 Å². The highest BCUT2D eigenvalue weighted by atomic mass is 15.1. The van der Waals surface area contributed by atoms with E-state index >= 15 is 0 Å². The second-order valence-electron chi connectivity index (χ2n) is 6.58. The lowest BCUT2D eigenvalue weighted by Gasteiger charge is -2.11. The highest BCUT2D eigenvalue weighted by Gasteiger charge is 2.13. The summed E-state index contributed by atoms with van der Waals surface area (Å²) in [6.45, 7) is 5.45. The van der Waals surface area contributed by atoms with E-state index in [0.717, 1.165) is 48.4 Å². The van der Waals surface area contributed by atoms with Gasteiger partial charge in [-0.25, -0.2) is 4.98 Å². The van der Waals surface area contributed by atoms with Crippen molar-refractivity contribution < 1.29 is 0 Å². The zero-order valence-corrected chi connectivity index (χ0v) is 14.0. The second-order valence-corrected chi connectivity index (χ2v) is 6.58. The maximum Gasteiger partial charge on any atom is 0.112 e. The molecule has 0 spiro atoms. The minimum Gasteiger partial charge on any atom is -0.397 e. The molecule has 0 fully saturated rings. The Bertz CT molecular complexity index is 772. The summed E-state index contributed by atoms with van der Waals surface area (Å²) in [6, 6.07) is 16.7. The predicted molar refractivity (Wildman–Crippen MR) is 97.5 cm³/mol. The van der Waals surface area contributed by atoms with Crippen LogP contribution in [0.25, 0.3) is 11.0 Å². The fourth-order valence-electron chi connectivity index (χ4n) is 3.07. The number of hydrogen-bond donors (Lipinski definition) is 1. The zero-order chi connectivity index (χ0) is 16.2. The van der Waals surface area contributed by atoms with Gasteiger partial charge >= 0.3 is 0 Å². The lowest BCUT2D eigenvalue weighted by molar-refractivity contribution is 0.565. The van der Waals surface area contributed by atoms with Crippen molar-refractivity contribution in [2.24, 2.45) is 5.92 Å². The molecule has 3 heteroatoms. The van der Waals surface area contributed by atoms with Crippen molar-refractivity contribution in [1.29, 1.82) is 0 Å². The SMILES string of the molecule is CC(C)Cc1nc2c(N)cccc2n1CCCc1ccccc1. The van der Waals surface area contributed by atoms with E-state index < -0.39 is 0 Å². The first-order valence-corrected chi connectivity index (χ1v) is 8.42. The van der Waals surface area contributed by atoms with Crippen LogP contribution >= 0.6 is 0 Å². The van der Waals surface area contributed by atoms with E-state index in [2.05, 4.69) is 54.8 Å². The molecule has 0 unspecified atom stereocenters. The standard InChI is InChI=1S/C20H25N3/c1-15(2)14-19-22-20-17(21)11-6-12-18(20)23(19)13-7-10-16-8-4-3-5-9-16/h3-6,8-9,11-12,15H,7,10,13-14,21H2,1-2H3. The lowest BCUT2D eigenvalue weighted by atomic mass is 10.1. The van der Waals surface area contributed by atoms with Gasteiger partial charge in [-0.2, -0.15) is 0 Å². The van der Waals surface area contributed by atoms with Crippen molar-refractivity contribution in [3.63, 3.8) is 0 Å². The van der Waals surface area contributed by atoms with Gasteiger partial charge in [0.25, 0.3) is 0 Å². The maximum absolute atomic E-state index is 6.11. The van der Waals surface area contributed by atoms with Gasteiger partial charge < -0.3 is 10.3 Å². The first kappa shape index (κ1) is 15.6. The Labute approximate surface area is 138 Å². The summed E-state index contributed by atoms with van der Waals surface area (Å²) in [5.41, 5.74) is 10.4. The third-order valence-electron chi connectivity index (χ3n) is 4.17. The molecular formula is C20H25N3. The molecule has 1 aromatic heterocycles. The van der Waals surface area contributed by atoms with Crippen LogP contribution in [0.4, 0.5) is 5.69 Å². The van der Waals surface area contributed by atoms with Gasteiger partial charge in [0.1, 0.15) is 11.3 Å². The molecule has 0 aliphatic rings. The number of nitrogens with zero attached hydrogens (tertiary/aromatic N) is 2. The second kappa shape index (κ2) is 6.86. The Morgan fingerprint density at radius 2 is 1.83 bits per heavy atom. The average molecular weight is 307 g/mol. The topological polar surface area (TPSA) is 43.8 Å². The number of fused-ring (bicyclic) bond motifs is 1. The van der Waals surface area contributed by atoms with Gasteiger partial charge in [-0.3, -0.25) is 0 Å². The predicted octanol–water partition coefficient (Wildman–Crippen LogP) is 4.45. The van der Waals surface area contributed by atoms with Crippen LogP contribution in [0.2, 0.25) is 0 Å². The molecule has 0 bridgehead atoms. The fraction of sp³-hybridized carbons (Fsp3) is 0.350. The minimum atomic E-state index is 0.584. The molecular weight excluding hydrogens is 282 g/mol. The summed E-state index contributed by atoms with van der Waals surface area (Å²) >= 11 is 0. The molecule has 23 heavy (non-hydrogen) atoms. The summed E-state index contributed by atoms with van der Waals surface area (Å²) in [6.07, 6.45) is 3.18. The van der Waals surface area contributed by atoms with E-state index in [-0.39, 0.29) is 0 Å². The van der Waals surface area contributed by atoms with E-state index in [0.29, 0.717) is 5.92 Å². The molecule has 3 rings (SSSR count). The van der Waals surface area contributed by atoms with Crippen LogP contribution in [0.5, 0.6) is 0 Å². The zero-order valence-electron chi connectivity index (χ0n) is 14.0. The Hall–Kier alpha value is -2.29. The number of anilines is 1. The highest BCUT2D eigenvalue weighted by Crippen LogP contribution is 2.24. The molecule has 0 amide bonds. The van der Waals surface area contributed by atoms with Crippen molar-refractivity contribution in [3.8, 4) is 0 Å². The minimum absolute atomic E-state index is 0.584. The molecule has 3 nitrogen and oxygen atoms in total. The fourth-order valence-corrected chi connectivity index (χ4v) is 3.07. The molecule has 2 aromatic carbocycles. The number of aromatic nitrogens is 2. The number of nitrogen functional groups attached to an aromatic ring is 1. The lowest BCUT2D eigenvalue weighted by Crippen LogP contribution is -2.08. The van der Waals surface area contributed by atoms with E-state index in [4.69, 9.17) is 10.7 Å². The normalized spacial score (nSPS) is 11.4. The van der Waals surface area contributed by atoms with Crippen molar-refractivity contribution in [2.45, 2.75) is 39.7 Å². The third-order valence-corrected chi connectivity index (χ3v) is 4.17. The van der Waals surface area contributed by atoms with Crippen LogP contribution in [0.3, 0.4) is 0 Å². The van der Waals surface area contributed by atoms with Crippen LogP contribution in [0, 0.1) is 5.92 Å².